The van der Waals surface area contributed by atoms with Gasteiger partial charge in [-0.3, -0.25) is 0 Å². The van der Waals surface area contributed by atoms with E-state index in [2.05, 4.69) is 24.1 Å². The lowest BCUT2D eigenvalue weighted by Gasteiger charge is -2.23. The second-order valence-electron chi connectivity index (χ2n) is 5.58. The van der Waals surface area contributed by atoms with Crippen LogP contribution >= 0.6 is 11.8 Å². The third-order valence-corrected chi connectivity index (χ3v) is 3.46. The Morgan fingerprint density at radius 1 is 1.50 bits per heavy atom. The molecule has 0 radical (unpaired) electrons. The van der Waals surface area contributed by atoms with Crippen LogP contribution in [0.25, 0.3) is 0 Å². The Labute approximate surface area is 125 Å². The van der Waals surface area contributed by atoms with E-state index in [0.29, 0.717) is 42.2 Å². The zero-order valence-corrected chi connectivity index (χ0v) is 13.5. The normalized spacial score (nSPS) is 14.1. The highest BCUT2D eigenvalue weighted by Crippen LogP contribution is 2.22. The third kappa shape index (κ3) is 5.88. The number of rotatable bonds is 8. The average Bonchev–Trinajstić information content (AvgIpc) is 2.36. The molecule has 1 heterocycles. The van der Waals surface area contributed by atoms with Crippen molar-refractivity contribution in [3.05, 3.63) is 12.1 Å². The van der Waals surface area contributed by atoms with E-state index in [1.165, 1.54) is 0 Å². The molecule has 1 aromatic rings. The fraction of sp³-hybridized carbons (Fsp3) is 0.643. The first-order chi connectivity index (χ1) is 9.34. The van der Waals surface area contributed by atoms with Crippen molar-refractivity contribution in [1.29, 1.82) is 0 Å². The second kappa shape index (κ2) is 7.59. The molecule has 1 atom stereocenters. The number of aromatic nitrogens is 1. The summed E-state index contributed by atoms with van der Waals surface area (Å²) in [7, 11) is 0. The van der Waals surface area contributed by atoms with Crippen molar-refractivity contribution in [3.8, 4) is 5.88 Å². The Hall–Kier alpha value is -1.14. The van der Waals surface area contributed by atoms with E-state index in [1.807, 2.05) is 6.26 Å². The predicted molar refractivity (Wildman–Crippen MR) is 86.5 cm³/mol. The predicted octanol–water partition coefficient (Wildman–Crippen LogP) is 2.22. The van der Waals surface area contributed by atoms with Crippen LogP contribution in [0.5, 0.6) is 5.88 Å². The van der Waals surface area contributed by atoms with Crippen LogP contribution in [-0.2, 0) is 0 Å². The van der Waals surface area contributed by atoms with Gasteiger partial charge in [-0.2, -0.15) is 16.7 Å². The lowest BCUT2D eigenvalue weighted by Crippen LogP contribution is -2.36. The summed E-state index contributed by atoms with van der Waals surface area (Å²) < 4.78 is 5.58. The largest absolute Gasteiger partial charge is 0.476 e. The highest BCUT2D eigenvalue weighted by molar-refractivity contribution is 7.98. The molecule has 0 amide bonds. The molecule has 0 fully saturated rings. The van der Waals surface area contributed by atoms with Crippen LogP contribution in [0.4, 0.5) is 11.5 Å². The molecular formula is C14H25N3O2S. The van der Waals surface area contributed by atoms with Crippen LogP contribution in [0.2, 0.25) is 0 Å². The zero-order chi connectivity index (χ0) is 15.2. The summed E-state index contributed by atoms with van der Waals surface area (Å²) in [5.41, 5.74) is 5.58. The highest BCUT2D eigenvalue weighted by atomic mass is 32.2. The van der Waals surface area contributed by atoms with E-state index in [0.717, 1.165) is 0 Å². The number of nitrogens with zero attached hydrogens (tertiary/aromatic N) is 1. The minimum absolute atomic E-state index is 0.412. The van der Waals surface area contributed by atoms with Crippen molar-refractivity contribution < 1.29 is 9.84 Å². The molecule has 0 spiro atoms. The number of nitrogens with one attached hydrogen (secondary N) is 1. The van der Waals surface area contributed by atoms with Gasteiger partial charge in [-0.05, 0) is 31.2 Å². The number of ether oxygens (including phenoxy) is 1. The van der Waals surface area contributed by atoms with Crippen LogP contribution in [0.1, 0.15) is 20.8 Å². The number of hydrogen-bond donors (Lipinski definition) is 3. The number of nitrogen functional groups attached to an aromatic ring is 1. The number of nitrogens with two attached hydrogens (primary N) is 1. The molecule has 0 bridgehead atoms. The molecule has 6 heteroatoms. The zero-order valence-electron chi connectivity index (χ0n) is 12.6. The monoisotopic (exact) mass is 299 g/mol. The van der Waals surface area contributed by atoms with Gasteiger partial charge in [-0.25, -0.2) is 0 Å². The molecule has 0 aliphatic heterocycles. The third-order valence-electron chi connectivity index (χ3n) is 2.55. The van der Waals surface area contributed by atoms with E-state index in [1.54, 1.807) is 30.8 Å². The summed E-state index contributed by atoms with van der Waals surface area (Å²) >= 11 is 1.61. The Morgan fingerprint density at radius 2 is 2.20 bits per heavy atom. The molecule has 20 heavy (non-hydrogen) atoms. The molecule has 0 aliphatic rings. The van der Waals surface area contributed by atoms with Crippen molar-refractivity contribution in [2.24, 2.45) is 5.92 Å². The molecule has 5 nitrogen and oxygen atoms in total. The van der Waals surface area contributed by atoms with Gasteiger partial charge in [-0.15, -0.1) is 0 Å². The van der Waals surface area contributed by atoms with Gasteiger partial charge in [0.05, 0.1) is 17.9 Å². The Balaban J connectivity index is 2.65. The first-order valence-corrected chi connectivity index (χ1v) is 8.08. The standard InChI is InChI=1S/C14H25N3O2S/c1-10(2)7-19-13-11(15)5-6-12(17-13)16-8-14(3,18)9-20-4/h5-6,10,18H,7-9,15H2,1-4H3,(H,16,17). The first kappa shape index (κ1) is 16.9. The first-order valence-electron chi connectivity index (χ1n) is 6.68. The highest BCUT2D eigenvalue weighted by Gasteiger charge is 2.19. The van der Waals surface area contributed by atoms with Crippen LogP contribution in [0, 0.1) is 5.92 Å². The maximum Gasteiger partial charge on any atom is 0.239 e. The number of anilines is 2. The van der Waals surface area contributed by atoms with Crippen LogP contribution < -0.4 is 15.8 Å². The summed E-state index contributed by atoms with van der Waals surface area (Å²) in [5.74, 6) is 2.16. The van der Waals surface area contributed by atoms with Gasteiger partial charge in [0.1, 0.15) is 5.82 Å². The van der Waals surface area contributed by atoms with Crippen molar-refractivity contribution in [3.63, 3.8) is 0 Å². The van der Waals surface area contributed by atoms with Crippen LogP contribution in [0.15, 0.2) is 12.1 Å². The molecule has 0 aliphatic carbocycles. The van der Waals surface area contributed by atoms with Crippen molar-refractivity contribution in [1.82, 2.24) is 4.98 Å². The lowest BCUT2D eigenvalue weighted by atomic mass is 10.1. The topological polar surface area (TPSA) is 80.4 Å². The Bertz CT molecular complexity index is 425. The van der Waals surface area contributed by atoms with Crippen molar-refractivity contribution in [2.75, 3.05) is 36.2 Å². The van der Waals surface area contributed by atoms with Gasteiger partial charge in [0.15, 0.2) is 0 Å². The molecule has 1 aromatic heterocycles. The minimum atomic E-state index is -0.776. The maximum atomic E-state index is 10.1. The summed E-state index contributed by atoms with van der Waals surface area (Å²) in [6.45, 7) is 6.93. The van der Waals surface area contributed by atoms with E-state index >= 15 is 0 Å². The van der Waals surface area contributed by atoms with Gasteiger partial charge in [0, 0.05) is 12.3 Å². The maximum absolute atomic E-state index is 10.1. The van der Waals surface area contributed by atoms with Gasteiger partial charge < -0.3 is 20.9 Å². The fourth-order valence-electron chi connectivity index (χ4n) is 1.55. The van der Waals surface area contributed by atoms with Crippen molar-refractivity contribution in [2.45, 2.75) is 26.4 Å². The lowest BCUT2D eigenvalue weighted by molar-refractivity contribution is 0.0996. The quantitative estimate of drug-likeness (QED) is 0.683. The second-order valence-corrected chi connectivity index (χ2v) is 6.45. The molecule has 0 saturated heterocycles. The molecule has 0 saturated carbocycles. The fourth-order valence-corrected chi connectivity index (χ4v) is 2.28. The molecule has 4 N–H and O–H groups in total. The number of thioether (sulfide) groups is 1. The SMILES string of the molecule is CSCC(C)(O)CNc1ccc(N)c(OCC(C)C)n1. The molecule has 1 rings (SSSR count). The van der Waals surface area contributed by atoms with E-state index in [-0.39, 0.29) is 0 Å². The van der Waals surface area contributed by atoms with Crippen LogP contribution in [-0.4, -0.2) is 40.9 Å². The summed E-state index contributed by atoms with van der Waals surface area (Å²) in [6.07, 6.45) is 1.97. The summed E-state index contributed by atoms with van der Waals surface area (Å²) in [6, 6.07) is 3.54. The Morgan fingerprint density at radius 3 is 2.80 bits per heavy atom. The molecule has 114 valence electrons. The number of hydrogen-bond acceptors (Lipinski definition) is 6. The molecule has 0 aromatic carbocycles. The smallest absolute Gasteiger partial charge is 0.239 e. The minimum Gasteiger partial charge on any atom is -0.476 e. The van der Waals surface area contributed by atoms with Crippen LogP contribution in [0.3, 0.4) is 0 Å². The molecular weight excluding hydrogens is 274 g/mol. The van der Waals surface area contributed by atoms with E-state index in [9.17, 15) is 5.11 Å². The van der Waals surface area contributed by atoms with E-state index in [4.69, 9.17) is 10.5 Å². The number of pyridine rings is 1. The molecule has 1 unspecified atom stereocenters. The number of aliphatic hydroxyl groups is 1. The average molecular weight is 299 g/mol. The van der Waals surface area contributed by atoms with Gasteiger partial charge in [0.25, 0.3) is 0 Å². The van der Waals surface area contributed by atoms with Gasteiger partial charge in [0.2, 0.25) is 5.88 Å². The van der Waals surface area contributed by atoms with Crippen molar-refractivity contribution >= 4 is 23.3 Å². The summed E-state index contributed by atoms with van der Waals surface area (Å²) in [4.78, 5) is 4.33. The summed E-state index contributed by atoms with van der Waals surface area (Å²) in [5, 5.41) is 13.2. The Kier molecular flexibility index (Phi) is 6.42. The van der Waals surface area contributed by atoms with E-state index < -0.39 is 5.60 Å². The van der Waals surface area contributed by atoms with Gasteiger partial charge in [-0.1, -0.05) is 13.8 Å². The van der Waals surface area contributed by atoms with Gasteiger partial charge >= 0.3 is 0 Å².